The topological polar surface area (TPSA) is 84.5 Å². The molecule has 0 aliphatic heterocycles. The fourth-order valence-corrected chi connectivity index (χ4v) is 3.41. The Bertz CT molecular complexity index is 1150. The lowest BCUT2D eigenvalue weighted by Crippen LogP contribution is -2.36. The fraction of sp³-hybridized carbons (Fsp3) is 0.192. The molecule has 3 rings (SSSR count). The van der Waals surface area contributed by atoms with Crippen LogP contribution in [0.2, 0.25) is 0 Å². The summed E-state index contributed by atoms with van der Waals surface area (Å²) in [5.41, 5.74) is 4.55. The van der Waals surface area contributed by atoms with Gasteiger partial charge in [0, 0.05) is 16.8 Å². The number of anilines is 1. The number of halogens is 1. The lowest BCUT2D eigenvalue weighted by Gasteiger charge is -2.13. The van der Waals surface area contributed by atoms with Crippen LogP contribution in [0.15, 0.2) is 60.7 Å². The summed E-state index contributed by atoms with van der Waals surface area (Å²) in [6.07, 6.45) is 0. The Morgan fingerprint density at radius 2 is 1.36 bits per heavy atom. The minimum absolute atomic E-state index is 0.180. The summed E-state index contributed by atoms with van der Waals surface area (Å²) in [7, 11) is 0. The maximum Gasteiger partial charge on any atom is 0.258 e. The Hall–Kier alpha value is -4.00. The van der Waals surface area contributed by atoms with E-state index in [-0.39, 0.29) is 24.8 Å². The molecule has 3 aromatic carbocycles. The second-order valence-electron chi connectivity index (χ2n) is 7.75. The van der Waals surface area contributed by atoms with Gasteiger partial charge in [-0.15, -0.1) is 0 Å². The molecule has 6 nitrogen and oxygen atoms in total. The monoisotopic (exact) mass is 448 g/mol. The minimum atomic E-state index is -0.450. The molecular formula is C26H25FN2O4. The van der Waals surface area contributed by atoms with Crippen LogP contribution in [0.3, 0.4) is 0 Å². The van der Waals surface area contributed by atoms with Crippen molar-refractivity contribution in [3.8, 4) is 5.75 Å². The Labute approximate surface area is 191 Å². The van der Waals surface area contributed by atoms with E-state index in [2.05, 4.69) is 10.6 Å². The van der Waals surface area contributed by atoms with Gasteiger partial charge < -0.3 is 15.4 Å². The van der Waals surface area contributed by atoms with E-state index < -0.39 is 11.7 Å². The first kappa shape index (κ1) is 23.7. The van der Waals surface area contributed by atoms with Crippen molar-refractivity contribution in [1.82, 2.24) is 5.32 Å². The molecule has 0 saturated heterocycles. The molecule has 0 aliphatic rings. The lowest BCUT2D eigenvalue weighted by atomic mass is 10.0. The number of rotatable bonds is 8. The third-order valence-corrected chi connectivity index (χ3v) is 4.98. The molecular weight excluding hydrogens is 423 g/mol. The molecule has 0 fully saturated rings. The van der Waals surface area contributed by atoms with Gasteiger partial charge in [0.15, 0.2) is 12.4 Å². The maximum absolute atomic E-state index is 13.0. The van der Waals surface area contributed by atoms with Crippen LogP contribution in [0, 0.1) is 26.6 Å². The van der Waals surface area contributed by atoms with Gasteiger partial charge in [-0.25, -0.2) is 4.39 Å². The van der Waals surface area contributed by atoms with E-state index in [1.165, 1.54) is 24.3 Å². The van der Waals surface area contributed by atoms with Crippen LogP contribution in [-0.2, 0) is 9.59 Å². The SMILES string of the molecule is Cc1cc(C)c(NC(=O)CNC(=O)COc2ccc(C(=O)c3ccc(F)cc3)cc2)c(C)c1. The minimum Gasteiger partial charge on any atom is -0.484 e. The first-order chi connectivity index (χ1) is 15.7. The van der Waals surface area contributed by atoms with Crippen LogP contribution in [0.4, 0.5) is 10.1 Å². The van der Waals surface area contributed by atoms with Crippen LogP contribution in [0.25, 0.3) is 0 Å². The second kappa shape index (κ2) is 10.5. The van der Waals surface area contributed by atoms with Gasteiger partial charge in [-0.3, -0.25) is 14.4 Å². The van der Waals surface area contributed by atoms with Crippen LogP contribution in [-0.4, -0.2) is 30.7 Å². The summed E-state index contributed by atoms with van der Waals surface area (Å²) in [4.78, 5) is 36.6. The number of hydrogen-bond acceptors (Lipinski definition) is 4. The van der Waals surface area contributed by atoms with Crippen LogP contribution < -0.4 is 15.4 Å². The summed E-state index contributed by atoms with van der Waals surface area (Å²) in [5.74, 6) is -1.04. The molecule has 0 bridgehead atoms. The first-order valence-corrected chi connectivity index (χ1v) is 10.4. The summed E-state index contributed by atoms with van der Waals surface area (Å²) in [5, 5.41) is 5.34. The molecule has 0 heterocycles. The number of aryl methyl sites for hydroxylation is 3. The Kier molecular flexibility index (Phi) is 7.56. The van der Waals surface area contributed by atoms with Crippen molar-refractivity contribution < 1.29 is 23.5 Å². The fourth-order valence-electron chi connectivity index (χ4n) is 3.41. The largest absolute Gasteiger partial charge is 0.484 e. The molecule has 7 heteroatoms. The summed E-state index contributed by atoms with van der Waals surface area (Å²) < 4.78 is 18.4. The highest BCUT2D eigenvalue weighted by atomic mass is 19.1. The second-order valence-corrected chi connectivity index (χ2v) is 7.75. The van der Waals surface area contributed by atoms with Crippen molar-refractivity contribution in [3.63, 3.8) is 0 Å². The summed E-state index contributed by atoms with van der Waals surface area (Å²) in [6.45, 7) is 5.37. The number of carbonyl (C=O) groups excluding carboxylic acids is 3. The molecule has 0 radical (unpaired) electrons. The number of ketones is 1. The zero-order valence-corrected chi connectivity index (χ0v) is 18.7. The van der Waals surface area contributed by atoms with E-state index in [9.17, 15) is 18.8 Å². The Morgan fingerprint density at radius 3 is 1.94 bits per heavy atom. The van der Waals surface area contributed by atoms with Crippen molar-refractivity contribution >= 4 is 23.3 Å². The molecule has 0 unspecified atom stereocenters. The van der Waals surface area contributed by atoms with Gasteiger partial charge in [-0.05, 0) is 80.4 Å². The normalized spacial score (nSPS) is 10.4. The van der Waals surface area contributed by atoms with E-state index in [1.54, 1.807) is 24.3 Å². The average molecular weight is 448 g/mol. The molecule has 0 spiro atoms. The summed E-state index contributed by atoms with van der Waals surface area (Å²) in [6, 6.07) is 15.5. The smallest absolute Gasteiger partial charge is 0.258 e. The zero-order chi connectivity index (χ0) is 24.0. The van der Waals surface area contributed by atoms with Gasteiger partial charge in [0.2, 0.25) is 5.91 Å². The van der Waals surface area contributed by atoms with Gasteiger partial charge in [0.05, 0.1) is 6.54 Å². The quantitative estimate of drug-likeness (QED) is 0.508. The number of benzene rings is 3. The Morgan fingerprint density at radius 1 is 0.818 bits per heavy atom. The number of hydrogen-bond donors (Lipinski definition) is 2. The molecule has 2 amide bonds. The van der Waals surface area contributed by atoms with E-state index in [1.807, 2.05) is 32.9 Å². The van der Waals surface area contributed by atoms with Gasteiger partial charge in [0.1, 0.15) is 11.6 Å². The van der Waals surface area contributed by atoms with Gasteiger partial charge >= 0.3 is 0 Å². The lowest BCUT2D eigenvalue weighted by molar-refractivity contribution is -0.125. The predicted molar refractivity (Wildman–Crippen MR) is 124 cm³/mol. The van der Waals surface area contributed by atoms with Crippen molar-refractivity contribution in [2.45, 2.75) is 20.8 Å². The first-order valence-electron chi connectivity index (χ1n) is 10.4. The van der Waals surface area contributed by atoms with Crippen molar-refractivity contribution in [2.75, 3.05) is 18.5 Å². The summed E-state index contributed by atoms with van der Waals surface area (Å²) >= 11 is 0. The number of amides is 2. The number of ether oxygens (including phenoxy) is 1. The molecule has 0 aromatic heterocycles. The van der Waals surface area contributed by atoms with Crippen LogP contribution >= 0.6 is 0 Å². The highest BCUT2D eigenvalue weighted by Crippen LogP contribution is 2.21. The molecule has 0 aliphatic carbocycles. The van der Waals surface area contributed by atoms with Crippen molar-refractivity contribution in [1.29, 1.82) is 0 Å². The van der Waals surface area contributed by atoms with Gasteiger partial charge in [0.25, 0.3) is 5.91 Å². The highest BCUT2D eigenvalue weighted by molar-refractivity contribution is 6.09. The maximum atomic E-state index is 13.0. The molecule has 2 N–H and O–H groups in total. The number of nitrogens with one attached hydrogen (secondary N) is 2. The number of carbonyl (C=O) groups is 3. The zero-order valence-electron chi connectivity index (χ0n) is 18.7. The van der Waals surface area contributed by atoms with Gasteiger partial charge in [-0.1, -0.05) is 17.7 Å². The standard InChI is InChI=1S/C26H25FN2O4/c1-16-12-17(2)25(18(3)13-16)29-23(30)14-28-24(31)15-33-22-10-6-20(7-11-22)26(32)19-4-8-21(27)9-5-19/h4-13H,14-15H2,1-3H3,(H,28,31)(H,29,30). The highest BCUT2D eigenvalue weighted by Gasteiger charge is 2.12. The van der Waals surface area contributed by atoms with Crippen LogP contribution in [0.1, 0.15) is 32.6 Å². The van der Waals surface area contributed by atoms with Crippen molar-refractivity contribution in [3.05, 3.63) is 94.3 Å². The van der Waals surface area contributed by atoms with E-state index in [0.29, 0.717) is 16.9 Å². The Balaban J connectivity index is 1.46. The predicted octanol–water partition coefficient (Wildman–Crippen LogP) is 4.12. The third-order valence-electron chi connectivity index (χ3n) is 4.98. The average Bonchev–Trinajstić information content (AvgIpc) is 2.79. The third kappa shape index (κ3) is 6.49. The van der Waals surface area contributed by atoms with Crippen molar-refractivity contribution in [2.24, 2.45) is 0 Å². The van der Waals surface area contributed by atoms with E-state index in [0.717, 1.165) is 22.4 Å². The molecule has 3 aromatic rings. The van der Waals surface area contributed by atoms with Crippen LogP contribution in [0.5, 0.6) is 5.75 Å². The van der Waals surface area contributed by atoms with E-state index >= 15 is 0 Å². The van der Waals surface area contributed by atoms with Gasteiger partial charge in [-0.2, -0.15) is 0 Å². The molecule has 0 atom stereocenters. The van der Waals surface area contributed by atoms with E-state index in [4.69, 9.17) is 4.74 Å². The molecule has 0 saturated carbocycles. The molecule has 170 valence electrons. The molecule has 33 heavy (non-hydrogen) atoms.